The molecule has 5 amide bonds. The minimum absolute atomic E-state index is 0.0854. The Balaban J connectivity index is 0.817. The van der Waals surface area contributed by atoms with Gasteiger partial charge in [0.15, 0.2) is 6.61 Å². The molecule has 3 heterocycles. The number of fused-ring (bicyclic) bond motifs is 2. The van der Waals surface area contributed by atoms with E-state index in [1.54, 1.807) is 18.2 Å². The van der Waals surface area contributed by atoms with Crippen LogP contribution in [-0.2, 0) is 25.7 Å². The molecule has 1 aliphatic carbocycles. The molecule has 15 heteroatoms. The Morgan fingerprint density at radius 1 is 0.900 bits per heavy atom. The first-order valence-corrected chi connectivity index (χ1v) is 21.2. The van der Waals surface area contributed by atoms with E-state index < -0.39 is 17.9 Å². The molecule has 1 aromatic heterocycles. The second kappa shape index (κ2) is 18.7. The largest absolute Gasteiger partial charge is 0.483 e. The van der Waals surface area contributed by atoms with Gasteiger partial charge in [-0.05, 0) is 68.0 Å². The molecule has 1 saturated carbocycles. The van der Waals surface area contributed by atoms with Gasteiger partial charge in [0.25, 0.3) is 11.8 Å². The lowest BCUT2D eigenvalue weighted by Gasteiger charge is -2.29. The van der Waals surface area contributed by atoms with E-state index in [-0.39, 0.29) is 68.5 Å². The smallest absolute Gasteiger partial charge is 0.257 e. The number of rotatable bonds is 17. The van der Waals surface area contributed by atoms with E-state index in [0.717, 1.165) is 66.1 Å². The average Bonchev–Trinajstić information content (AvgIpc) is 3.77. The molecule has 1 saturated heterocycles. The Morgan fingerprint density at radius 2 is 1.65 bits per heavy atom. The third-order valence-corrected chi connectivity index (χ3v) is 11.9. The molecule has 3 aliphatic rings. The lowest BCUT2D eigenvalue weighted by molar-refractivity contribution is -0.137. The van der Waals surface area contributed by atoms with E-state index in [4.69, 9.17) is 22.7 Å². The zero-order valence-corrected chi connectivity index (χ0v) is 34.2. The normalized spacial score (nSPS) is 17.7. The van der Waals surface area contributed by atoms with E-state index in [1.807, 2.05) is 48.7 Å². The summed E-state index contributed by atoms with van der Waals surface area (Å²) in [5.74, 6) is -3.74. The van der Waals surface area contributed by atoms with Crippen LogP contribution in [0.4, 0.5) is 14.5 Å². The second-order valence-electron chi connectivity index (χ2n) is 16.0. The Labute approximate surface area is 352 Å². The van der Waals surface area contributed by atoms with Crippen LogP contribution in [0, 0.1) is 0 Å². The average molecular weight is 841 g/mol. The fourth-order valence-electron chi connectivity index (χ4n) is 8.46. The van der Waals surface area contributed by atoms with Gasteiger partial charge in [-0.1, -0.05) is 68.2 Å². The Bertz CT molecular complexity index is 2300. The number of aromatic nitrogens is 1. The van der Waals surface area contributed by atoms with E-state index in [1.165, 1.54) is 4.90 Å². The number of hydrogen-bond donors (Lipinski definition) is 4. The summed E-state index contributed by atoms with van der Waals surface area (Å²) in [6.45, 7) is 0.442. The molecule has 316 valence electrons. The van der Waals surface area contributed by atoms with Crippen molar-refractivity contribution in [2.75, 3.05) is 18.5 Å². The monoisotopic (exact) mass is 840 g/mol. The fourth-order valence-corrected chi connectivity index (χ4v) is 8.59. The number of nitrogens with two attached hydrogens (primary N) is 1. The number of hydrogen-bond acceptors (Lipinski definition) is 7. The maximum Gasteiger partial charge on any atom is 0.257 e. The molecule has 0 bridgehead atoms. The van der Waals surface area contributed by atoms with Crippen molar-refractivity contribution < 1.29 is 37.5 Å². The van der Waals surface area contributed by atoms with Crippen LogP contribution in [0.15, 0.2) is 66.9 Å². The van der Waals surface area contributed by atoms with Gasteiger partial charge in [-0.3, -0.25) is 29.3 Å². The highest BCUT2D eigenvalue weighted by molar-refractivity contribution is 7.80. The topological polar surface area (TPSA) is 165 Å². The number of thiocarbonyl (C=S) groups is 1. The lowest BCUT2D eigenvalue weighted by Crippen LogP contribution is -2.52. The predicted octanol–water partition coefficient (Wildman–Crippen LogP) is 7.32. The maximum absolute atomic E-state index is 14.1. The van der Waals surface area contributed by atoms with Crippen LogP contribution in [0.5, 0.6) is 5.75 Å². The molecule has 0 radical (unpaired) electrons. The lowest BCUT2D eigenvalue weighted by atomic mass is 9.92. The van der Waals surface area contributed by atoms with Crippen molar-refractivity contribution in [1.29, 1.82) is 0 Å². The Hall–Kier alpha value is -5.70. The molecule has 7 rings (SSSR count). The summed E-state index contributed by atoms with van der Waals surface area (Å²) in [7, 11) is 0. The second-order valence-corrected chi connectivity index (χ2v) is 16.4. The molecule has 2 aliphatic heterocycles. The fraction of sp³-hybridized carbons (Fsp3) is 0.422. The SMILES string of the molecule is NC(=S)c1cccc(-c2cn(C3CCC(F)(F)CC3)c3cc(NC(=O)CCCCCCCCNC(=O)COc4cccc5c4CN(C4CCC(=O)NC4=O)C5=O)ccc23)c1. The number of carbonyl (C=O) groups is 5. The Kier molecular flexibility index (Phi) is 13.2. The van der Waals surface area contributed by atoms with Gasteiger partial charge < -0.3 is 30.6 Å². The van der Waals surface area contributed by atoms with Crippen molar-refractivity contribution in [2.24, 2.45) is 5.73 Å². The first kappa shape index (κ1) is 42.4. The first-order chi connectivity index (χ1) is 28.9. The van der Waals surface area contributed by atoms with Crippen molar-refractivity contribution in [2.45, 2.75) is 108 Å². The molecule has 12 nitrogen and oxygen atoms in total. The summed E-state index contributed by atoms with van der Waals surface area (Å²) in [5, 5.41) is 9.15. The molecule has 4 aromatic rings. The zero-order valence-electron chi connectivity index (χ0n) is 33.4. The van der Waals surface area contributed by atoms with Gasteiger partial charge in [0.05, 0.1) is 12.1 Å². The summed E-state index contributed by atoms with van der Waals surface area (Å²) in [4.78, 5) is 64.2. The highest BCUT2D eigenvalue weighted by atomic mass is 32.1. The van der Waals surface area contributed by atoms with Crippen LogP contribution in [0.1, 0.15) is 111 Å². The number of halogens is 2. The van der Waals surface area contributed by atoms with Crippen LogP contribution >= 0.6 is 12.2 Å². The van der Waals surface area contributed by atoms with Gasteiger partial charge in [-0.25, -0.2) is 8.78 Å². The number of ether oxygens (including phenoxy) is 1. The maximum atomic E-state index is 14.1. The molecule has 0 spiro atoms. The Morgan fingerprint density at radius 3 is 2.42 bits per heavy atom. The number of carbonyl (C=O) groups excluding carboxylic acids is 5. The number of alkyl halides is 2. The number of nitrogens with one attached hydrogen (secondary N) is 3. The number of imide groups is 1. The summed E-state index contributed by atoms with van der Waals surface area (Å²) >= 11 is 5.20. The molecule has 2 fully saturated rings. The predicted molar refractivity (Wildman–Crippen MR) is 228 cm³/mol. The van der Waals surface area contributed by atoms with Crippen LogP contribution in [0.3, 0.4) is 0 Å². The van der Waals surface area contributed by atoms with Gasteiger partial charge in [-0.2, -0.15) is 0 Å². The standard InChI is InChI=1S/C45H50F2N6O6S/c46-45(47)20-18-31(19-21-45)52-25-34(28-9-7-10-29(23-28)42(48)60)32-15-14-30(24-37(32)52)50-39(54)13-5-3-1-2-4-6-22-49-41(56)27-59-38-12-8-11-33-35(38)26-53(44(33)58)36-16-17-40(55)51-43(36)57/h7-12,14-15,23-25,31,36H,1-6,13,16-22,26-27H2,(H2,48,60)(H,49,56)(H,50,54)(H,51,55,57). The highest BCUT2D eigenvalue weighted by Gasteiger charge is 2.40. The minimum atomic E-state index is -2.65. The van der Waals surface area contributed by atoms with Crippen LogP contribution in [-0.4, -0.2) is 69.1 Å². The third-order valence-electron chi connectivity index (χ3n) is 11.7. The molecule has 5 N–H and O–H groups in total. The van der Waals surface area contributed by atoms with Gasteiger partial charge >= 0.3 is 0 Å². The van der Waals surface area contributed by atoms with Gasteiger partial charge in [-0.15, -0.1) is 0 Å². The number of unbranched alkanes of at least 4 members (excludes halogenated alkanes) is 5. The molecule has 1 atom stereocenters. The van der Waals surface area contributed by atoms with E-state index in [2.05, 4.69) is 20.5 Å². The van der Waals surface area contributed by atoms with Gasteiger partial charge in [0.1, 0.15) is 16.8 Å². The van der Waals surface area contributed by atoms with Crippen molar-refractivity contribution in [3.63, 3.8) is 0 Å². The molecule has 3 aromatic carbocycles. The summed E-state index contributed by atoms with van der Waals surface area (Å²) < 4.78 is 36.1. The molecule has 60 heavy (non-hydrogen) atoms. The van der Waals surface area contributed by atoms with Crippen molar-refractivity contribution in [3.05, 3.63) is 83.6 Å². The number of benzene rings is 3. The van der Waals surface area contributed by atoms with Crippen molar-refractivity contribution >= 4 is 63.3 Å². The van der Waals surface area contributed by atoms with E-state index in [0.29, 0.717) is 53.4 Å². The van der Waals surface area contributed by atoms with Crippen molar-refractivity contribution in [3.8, 4) is 16.9 Å². The molecule has 1 unspecified atom stereocenters. The first-order valence-electron chi connectivity index (χ1n) is 20.8. The summed E-state index contributed by atoms with van der Waals surface area (Å²) in [6, 6.07) is 17.7. The van der Waals surface area contributed by atoms with Crippen molar-refractivity contribution in [1.82, 2.24) is 20.1 Å². The third kappa shape index (κ3) is 10.0. The number of piperidine rings is 1. The number of nitrogens with zero attached hydrogens (tertiary/aromatic N) is 2. The van der Waals surface area contributed by atoms with Gasteiger partial charge in [0, 0.05) is 77.8 Å². The number of amides is 5. The molecular weight excluding hydrogens is 791 g/mol. The minimum Gasteiger partial charge on any atom is -0.483 e. The number of anilines is 1. The summed E-state index contributed by atoms with van der Waals surface area (Å²) in [5.41, 5.74) is 11.1. The van der Waals surface area contributed by atoms with Crippen LogP contribution < -0.4 is 26.4 Å². The van der Waals surface area contributed by atoms with Crippen LogP contribution in [0.25, 0.3) is 22.0 Å². The van der Waals surface area contributed by atoms with Crippen LogP contribution in [0.2, 0.25) is 0 Å². The highest BCUT2D eigenvalue weighted by Crippen LogP contribution is 2.42. The summed E-state index contributed by atoms with van der Waals surface area (Å²) in [6.07, 6.45) is 8.48. The van der Waals surface area contributed by atoms with Gasteiger partial charge in [0.2, 0.25) is 23.6 Å². The quantitative estimate of drug-likeness (QED) is 0.0488. The molecular formula is C45H50F2N6O6S. The van der Waals surface area contributed by atoms with E-state index in [9.17, 15) is 32.8 Å². The van der Waals surface area contributed by atoms with E-state index >= 15 is 0 Å². The zero-order chi connectivity index (χ0) is 42.4.